The molecule has 2 N–H and O–H groups in total. The fourth-order valence-corrected chi connectivity index (χ4v) is 4.01. The molecule has 2 heteroatoms. The third-order valence-corrected chi connectivity index (χ3v) is 5.15. The molecule has 86 valence electrons. The fraction of sp³-hybridized carbons (Fsp3) is 0.571. The van der Waals surface area contributed by atoms with E-state index in [0.29, 0.717) is 6.04 Å². The van der Waals surface area contributed by atoms with Crippen LogP contribution in [0.2, 0.25) is 0 Å². The summed E-state index contributed by atoms with van der Waals surface area (Å²) in [5, 5.41) is 0. The molecule has 1 aromatic carbocycles. The average molecular weight is 280 g/mol. The van der Waals surface area contributed by atoms with Gasteiger partial charge in [0, 0.05) is 10.5 Å². The molecule has 0 spiro atoms. The highest BCUT2D eigenvalue weighted by molar-refractivity contribution is 9.10. The molecule has 16 heavy (non-hydrogen) atoms. The van der Waals surface area contributed by atoms with Gasteiger partial charge < -0.3 is 5.73 Å². The van der Waals surface area contributed by atoms with E-state index in [9.17, 15) is 0 Å². The van der Waals surface area contributed by atoms with E-state index in [2.05, 4.69) is 40.2 Å². The molecule has 3 unspecified atom stereocenters. The van der Waals surface area contributed by atoms with Crippen molar-refractivity contribution in [2.75, 3.05) is 0 Å². The lowest BCUT2D eigenvalue weighted by molar-refractivity contribution is 0.483. The molecule has 3 atom stereocenters. The third-order valence-electron chi connectivity index (χ3n) is 4.38. The molecule has 0 radical (unpaired) electrons. The zero-order chi connectivity index (χ0) is 11.1. The number of rotatable bonds is 3. The maximum Gasteiger partial charge on any atom is 0.0207 e. The van der Waals surface area contributed by atoms with Gasteiger partial charge in [-0.15, -0.1) is 0 Å². The first-order valence-corrected chi connectivity index (χ1v) is 7.05. The van der Waals surface area contributed by atoms with Crippen molar-refractivity contribution in [3.63, 3.8) is 0 Å². The normalized spacial score (nSPS) is 33.5. The van der Waals surface area contributed by atoms with Gasteiger partial charge in [0.05, 0.1) is 0 Å². The number of hydrogen-bond donors (Lipinski definition) is 1. The van der Waals surface area contributed by atoms with Gasteiger partial charge in [-0.25, -0.2) is 0 Å². The zero-order valence-electron chi connectivity index (χ0n) is 9.40. The van der Waals surface area contributed by atoms with Crippen LogP contribution in [0.15, 0.2) is 28.7 Å². The number of nitrogens with two attached hydrogens (primary N) is 1. The van der Waals surface area contributed by atoms with E-state index in [1.165, 1.54) is 29.3 Å². The van der Waals surface area contributed by atoms with Crippen molar-refractivity contribution in [2.24, 2.45) is 23.5 Å². The summed E-state index contributed by atoms with van der Waals surface area (Å²) in [4.78, 5) is 0. The summed E-state index contributed by atoms with van der Waals surface area (Å²) >= 11 is 3.60. The number of fused-ring (bicyclic) bond motifs is 1. The minimum absolute atomic E-state index is 0.369. The highest BCUT2D eigenvalue weighted by Crippen LogP contribution is 2.58. The molecule has 3 rings (SSSR count). The summed E-state index contributed by atoms with van der Waals surface area (Å²) in [7, 11) is 0. The van der Waals surface area contributed by atoms with E-state index in [4.69, 9.17) is 5.73 Å². The topological polar surface area (TPSA) is 26.0 Å². The minimum atomic E-state index is 0.369. The van der Waals surface area contributed by atoms with E-state index in [0.717, 1.165) is 24.2 Å². The van der Waals surface area contributed by atoms with E-state index in [1.54, 1.807) is 0 Å². The lowest BCUT2D eigenvalue weighted by Crippen LogP contribution is -2.27. The number of halogens is 1. The smallest absolute Gasteiger partial charge is 0.0207 e. The first kappa shape index (κ1) is 10.8. The van der Waals surface area contributed by atoms with E-state index in [1.807, 2.05) is 0 Å². The van der Waals surface area contributed by atoms with Gasteiger partial charge in [-0.05, 0) is 48.6 Å². The number of hydrogen-bond acceptors (Lipinski definition) is 1. The summed E-state index contributed by atoms with van der Waals surface area (Å²) in [6, 6.07) is 8.82. The standard InChI is InChI=1S/C14H18BrN/c15-12-7-2-1-4-9(12)8-13(16)14-10-5-3-6-11(10)14/h1-2,4,7,10-11,13-14H,3,5-6,8,16H2. The minimum Gasteiger partial charge on any atom is -0.327 e. The Kier molecular flexibility index (Phi) is 2.80. The zero-order valence-corrected chi connectivity index (χ0v) is 11.0. The first-order chi connectivity index (χ1) is 7.77. The number of benzene rings is 1. The maximum atomic E-state index is 6.35. The van der Waals surface area contributed by atoms with Crippen molar-refractivity contribution in [1.29, 1.82) is 0 Å². The highest BCUT2D eigenvalue weighted by Gasteiger charge is 2.54. The van der Waals surface area contributed by atoms with Crippen LogP contribution in [0, 0.1) is 17.8 Å². The predicted molar refractivity (Wildman–Crippen MR) is 70.1 cm³/mol. The molecular formula is C14H18BrN. The largest absolute Gasteiger partial charge is 0.327 e. The molecule has 2 fully saturated rings. The van der Waals surface area contributed by atoms with Crippen LogP contribution in [0.25, 0.3) is 0 Å². The molecule has 0 bridgehead atoms. The van der Waals surface area contributed by atoms with E-state index >= 15 is 0 Å². The summed E-state index contributed by atoms with van der Waals surface area (Å²) in [5.74, 6) is 2.76. The van der Waals surface area contributed by atoms with Gasteiger partial charge >= 0.3 is 0 Å². The molecule has 0 saturated heterocycles. The second-order valence-corrected chi connectivity index (χ2v) is 6.15. The maximum absolute atomic E-state index is 6.35. The molecule has 1 nitrogen and oxygen atoms in total. The van der Waals surface area contributed by atoms with Gasteiger partial charge in [-0.2, -0.15) is 0 Å². The lowest BCUT2D eigenvalue weighted by Gasteiger charge is -2.14. The Balaban J connectivity index is 1.65. The van der Waals surface area contributed by atoms with Gasteiger partial charge in [0.15, 0.2) is 0 Å². The molecule has 0 aromatic heterocycles. The second-order valence-electron chi connectivity index (χ2n) is 5.30. The summed E-state index contributed by atoms with van der Waals surface area (Å²) in [5.41, 5.74) is 7.71. The van der Waals surface area contributed by atoms with Crippen molar-refractivity contribution >= 4 is 15.9 Å². The second kappa shape index (κ2) is 4.15. The molecule has 0 aliphatic heterocycles. The molecule has 1 aromatic rings. The van der Waals surface area contributed by atoms with Crippen molar-refractivity contribution in [3.8, 4) is 0 Å². The monoisotopic (exact) mass is 279 g/mol. The Morgan fingerprint density at radius 2 is 1.94 bits per heavy atom. The molecule has 0 amide bonds. The Morgan fingerprint density at radius 3 is 2.62 bits per heavy atom. The van der Waals surface area contributed by atoms with Gasteiger partial charge in [0.1, 0.15) is 0 Å². The van der Waals surface area contributed by atoms with Crippen LogP contribution in [0.5, 0.6) is 0 Å². The Hall–Kier alpha value is -0.340. The van der Waals surface area contributed by atoms with Crippen molar-refractivity contribution in [1.82, 2.24) is 0 Å². The van der Waals surface area contributed by atoms with Gasteiger partial charge in [-0.1, -0.05) is 40.5 Å². The fourth-order valence-electron chi connectivity index (χ4n) is 3.57. The van der Waals surface area contributed by atoms with Crippen LogP contribution in [-0.2, 0) is 6.42 Å². The summed E-state index contributed by atoms with van der Waals surface area (Å²) < 4.78 is 1.20. The SMILES string of the molecule is NC(Cc1ccccc1Br)C1C2CCCC21. The Labute approximate surface area is 106 Å². The first-order valence-electron chi connectivity index (χ1n) is 6.26. The molecular weight excluding hydrogens is 262 g/mol. The molecule has 0 heterocycles. The van der Waals surface area contributed by atoms with Crippen molar-refractivity contribution in [3.05, 3.63) is 34.3 Å². The van der Waals surface area contributed by atoms with Crippen LogP contribution in [0.4, 0.5) is 0 Å². The molecule has 2 aliphatic carbocycles. The van der Waals surface area contributed by atoms with Crippen LogP contribution >= 0.6 is 15.9 Å². The Morgan fingerprint density at radius 1 is 1.25 bits per heavy atom. The van der Waals surface area contributed by atoms with Crippen LogP contribution in [-0.4, -0.2) is 6.04 Å². The van der Waals surface area contributed by atoms with Crippen molar-refractivity contribution in [2.45, 2.75) is 31.7 Å². The van der Waals surface area contributed by atoms with E-state index in [-0.39, 0.29) is 0 Å². The highest BCUT2D eigenvalue weighted by atomic mass is 79.9. The van der Waals surface area contributed by atoms with Crippen molar-refractivity contribution < 1.29 is 0 Å². The van der Waals surface area contributed by atoms with Gasteiger partial charge in [-0.3, -0.25) is 0 Å². The third kappa shape index (κ3) is 1.82. The van der Waals surface area contributed by atoms with Gasteiger partial charge in [0.25, 0.3) is 0 Å². The summed E-state index contributed by atoms with van der Waals surface area (Å²) in [6.07, 6.45) is 5.32. The quantitative estimate of drug-likeness (QED) is 0.902. The summed E-state index contributed by atoms with van der Waals surface area (Å²) in [6.45, 7) is 0. The van der Waals surface area contributed by atoms with Gasteiger partial charge in [0.2, 0.25) is 0 Å². The van der Waals surface area contributed by atoms with Crippen LogP contribution in [0.1, 0.15) is 24.8 Å². The molecule has 2 aliphatic rings. The lowest BCUT2D eigenvalue weighted by atomic mass is 9.98. The van der Waals surface area contributed by atoms with E-state index < -0.39 is 0 Å². The average Bonchev–Trinajstić information content (AvgIpc) is 2.76. The predicted octanol–water partition coefficient (Wildman–Crippen LogP) is 3.37. The van der Waals surface area contributed by atoms with Crippen LogP contribution < -0.4 is 5.73 Å². The Bertz CT molecular complexity index is 380. The van der Waals surface area contributed by atoms with Crippen LogP contribution in [0.3, 0.4) is 0 Å². The molecule has 2 saturated carbocycles.